The molecular formula is C21H18F3N3O2S2. The molecule has 0 aliphatic heterocycles. The van der Waals surface area contributed by atoms with Crippen LogP contribution in [0.1, 0.15) is 5.56 Å². The van der Waals surface area contributed by atoms with Crippen molar-refractivity contribution in [3.05, 3.63) is 65.5 Å². The molecule has 0 saturated heterocycles. The lowest BCUT2D eigenvalue weighted by atomic mass is 10.1. The van der Waals surface area contributed by atoms with Crippen LogP contribution in [-0.2, 0) is 15.8 Å². The molecule has 0 fully saturated rings. The molecule has 0 radical (unpaired) electrons. The smallest absolute Gasteiger partial charge is 0.336 e. The number of likely N-dealkylation sites (N-methyl/N-ethyl adjacent to an activating group) is 1. The molecule has 0 spiro atoms. The third-order valence-electron chi connectivity index (χ3n) is 4.18. The molecule has 3 aromatic rings. The first-order chi connectivity index (χ1) is 14.7. The number of anilines is 1. The molecule has 162 valence electrons. The highest BCUT2D eigenvalue weighted by Crippen LogP contribution is 2.34. The van der Waals surface area contributed by atoms with Gasteiger partial charge in [-0.3, -0.25) is 9.59 Å². The number of hydrogen-bond donors (Lipinski definition) is 1. The van der Waals surface area contributed by atoms with Gasteiger partial charge in [0.15, 0.2) is 4.34 Å². The summed E-state index contributed by atoms with van der Waals surface area (Å²) in [7, 11) is 1.43. The molecule has 1 N–H and O–H groups in total. The standard InChI is InChI=1S/C21H18F3N3O2S2/c1-27(11-18(28)25-16-10-6-5-9-15(16)21(22,23)24)19(29)13-31-20-26-17(12-30-20)14-7-3-2-4-8-14/h2-10,12H,11,13H2,1H3,(H,25,28). The molecule has 0 atom stereocenters. The van der Waals surface area contributed by atoms with Crippen LogP contribution in [-0.4, -0.2) is 41.0 Å². The van der Waals surface area contributed by atoms with Crippen LogP contribution < -0.4 is 5.32 Å². The van der Waals surface area contributed by atoms with Gasteiger partial charge in [0.1, 0.15) is 0 Å². The fraction of sp³-hybridized carbons (Fsp3) is 0.190. The zero-order valence-electron chi connectivity index (χ0n) is 16.3. The Balaban J connectivity index is 1.52. The Morgan fingerprint density at radius 1 is 1.10 bits per heavy atom. The van der Waals surface area contributed by atoms with E-state index < -0.39 is 17.6 Å². The zero-order valence-corrected chi connectivity index (χ0v) is 18.0. The van der Waals surface area contributed by atoms with Gasteiger partial charge in [0.2, 0.25) is 11.8 Å². The van der Waals surface area contributed by atoms with E-state index in [2.05, 4.69) is 10.3 Å². The van der Waals surface area contributed by atoms with E-state index >= 15 is 0 Å². The summed E-state index contributed by atoms with van der Waals surface area (Å²) < 4.78 is 39.8. The molecule has 5 nitrogen and oxygen atoms in total. The summed E-state index contributed by atoms with van der Waals surface area (Å²) >= 11 is 2.66. The molecule has 1 heterocycles. The van der Waals surface area contributed by atoms with Gasteiger partial charge in [-0.05, 0) is 12.1 Å². The third-order valence-corrected chi connectivity index (χ3v) is 6.19. The first kappa shape index (κ1) is 22.8. The maximum atomic E-state index is 13.0. The van der Waals surface area contributed by atoms with Gasteiger partial charge in [-0.1, -0.05) is 54.2 Å². The maximum absolute atomic E-state index is 13.0. The quantitative estimate of drug-likeness (QED) is 0.498. The maximum Gasteiger partial charge on any atom is 0.418 e. The van der Waals surface area contributed by atoms with Crippen molar-refractivity contribution >= 4 is 40.6 Å². The normalized spacial score (nSPS) is 11.2. The molecular weight excluding hydrogens is 447 g/mol. The minimum absolute atomic E-state index is 0.0602. The van der Waals surface area contributed by atoms with Crippen molar-refractivity contribution in [1.82, 2.24) is 9.88 Å². The van der Waals surface area contributed by atoms with E-state index in [0.717, 1.165) is 17.3 Å². The average Bonchev–Trinajstić information content (AvgIpc) is 3.21. The SMILES string of the molecule is CN(CC(=O)Nc1ccccc1C(F)(F)F)C(=O)CSc1nc(-c2ccccc2)cs1. The number of hydrogen-bond acceptors (Lipinski definition) is 5. The van der Waals surface area contributed by atoms with Gasteiger partial charge in [0.05, 0.1) is 29.2 Å². The van der Waals surface area contributed by atoms with E-state index in [0.29, 0.717) is 4.34 Å². The number of rotatable bonds is 7. The van der Waals surface area contributed by atoms with Crippen molar-refractivity contribution in [2.45, 2.75) is 10.5 Å². The van der Waals surface area contributed by atoms with E-state index in [1.165, 1.54) is 53.2 Å². The molecule has 0 aliphatic carbocycles. The van der Waals surface area contributed by atoms with Gasteiger partial charge >= 0.3 is 6.18 Å². The second-order valence-electron chi connectivity index (χ2n) is 6.49. The van der Waals surface area contributed by atoms with Crippen molar-refractivity contribution < 1.29 is 22.8 Å². The van der Waals surface area contributed by atoms with E-state index in [-0.39, 0.29) is 23.9 Å². The minimum Gasteiger partial charge on any atom is -0.336 e. The number of para-hydroxylation sites is 1. The Morgan fingerprint density at radius 2 is 1.77 bits per heavy atom. The number of aromatic nitrogens is 1. The van der Waals surface area contributed by atoms with Crippen LogP contribution in [0, 0.1) is 0 Å². The molecule has 1 aromatic heterocycles. The van der Waals surface area contributed by atoms with E-state index in [1.807, 2.05) is 35.7 Å². The van der Waals surface area contributed by atoms with Gasteiger partial charge in [0, 0.05) is 18.0 Å². The predicted molar refractivity (Wildman–Crippen MR) is 116 cm³/mol. The number of carbonyl (C=O) groups is 2. The molecule has 2 aromatic carbocycles. The Labute approximate surface area is 185 Å². The summed E-state index contributed by atoms with van der Waals surface area (Å²) in [6.07, 6.45) is -4.59. The van der Waals surface area contributed by atoms with Crippen molar-refractivity contribution in [3.63, 3.8) is 0 Å². The number of halogens is 3. The Bertz CT molecular complexity index is 1060. The molecule has 2 amide bonds. The van der Waals surface area contributed by atoms with Crippen LogP contribution in [0.4, 0.5) is 18.9 Å². The molecule has 10 heteroatoms. The van der Waals surface area contributed by atoms with Crippen LogP contribution in [0.5, 0.6) is 0 Å². The molecule has 0 bridgehead atoms. The first-order valence-electron chi connectivity index (χ1n) is 9.08. The van der Waals surface area contributed by atoms with Gasteiger partial charge in [-0.25, -0.2) is 4.98 Å². The van der Waals surface area contributed by atoms with Crippen LogP contribution >= 0.6 is 23.1 Å². The van der Waals surface area contributed by atoms with Gasteiger partial charge in [0.25, 0.3) is 0 Å². The number of thiazole rings is 1. The summed E-state index contributed by atoms with van der Waals surface area (Å²) in [5.74, 6) is -0.983. The lowest BCUT2D eigenvalue weighted by molar-refractivity contribution is -0.137. The topological polar surface area (TPSA) is 62.3 Å². The highest BCUT2D eigenvalue weighted by Gasteiger charge is 2.33. The molecule has 0 saturated carbocycles. The summed E-state index contributed by atoms with van der Waals surface area (Å²) in [6, 6.07) is 14.3. The highest BCUT2D eigenvalue weighted by atomic mass is 32.2. The van der Waals surface area contributed by atoms with E-state index in [1.54, 1.807) is 0 Å². The molecule has 0 unspecified atom stereocenters. The second kappa shape index (κ2) is 9.97. The number of benzene rings is 2. The summed E-state index contributed by atoms with van der Waals surface area (Å²) in [5, 5.41) is 4.13. The molecule has 0 aliphatic rings. The first-order valence-corrected chi connectivity index (χ1v) is 10.9. The lowest BCUT2D eigenvalue weighted by Crippen LogP contribution is -2.36. The van der Waals surface area contributed by atoms with Gasteiger partial charge in [-0.2, -0.15) is 13.2 Å². The second-order valence-corrected chi connectivity index (χ2v) is 8.58. The Morgan fingerprint density at radius 3 is 2.48 bits per heavy atom. The Hall–Kier alpha value is -2.85. The minimum atomic E-state index is -4.59. The number of alkyl halides is 3. The fourth-order valence-electron chi connectivity index (χ4n) is 2.63. The van der Waals surface area contributed by atoms with E-state index in [9.17, 15) is 22.8 Å². The summed E-state index contributed by atoms with van der Waals surface area (Å²) in [5.41, 5.74) is 0.513. The van der Waals surface area contributed by atoms with Crippen LogP contribution in [0.3, 0.4) is 0 Å². The van der Waals surface area contributed by atoms with Gasteiger partial charge < -0.3 is 10.2 Å². The zero-order chi connectivity index (χ0) is 22.4. The van der Waals surface area contributed by atoms with Crippen molar-refractivity contribution in [2.75, 3.05) is 24.7 Å². The van der Waals surface area contributed by atoms with Crippen molar-refractivity contribution in [2.24, 2.45) is 0 Å². The third kappa shape index (κ3) is 6.31. The number of amides is 2. The number of nitrogens with zero attached hydrogens (tertiary/aromatic N) is 2. The molecule has 3 rings (SSSR count). The highest BCUT2D eigenvalue weighted by molar-refractivity contribution is 8.01. The summed E-state index contributed by atoms with van der Waals surface area (Å²) in [6.45, 7) is -0.362. The lowest BCUT2D eigenvalue weighted by Gasteiger charge is -2.18. The fourth-order valence-corrected chi connectivity index (χ4v) is 4.41. The predicted octanol–water partition coefficient (Wildman–Crippen LogP) is 5.02. The largest absolute Gasteiger partial charge is 0.418 e. The van der Waals surface area contributed by atoms with Crippen molar-refractivity contribution in [3.8, 4) is 11.3 Å². The average molecular weight is 466 g/mol. The number of carbonyl (C=O) groups excluding carboxylic acids is 2. The number of nitrogens with one attached hydrogen (secondary N) is 1. The monoisotopic (exact) mass is 465 g/mol. The van der Waals surface area contributed by atoms with Crippen LogP contribution in [0.2, 0.25) is 0 Å². The van der Waals surface area contributed by atoms with Crippen molar-refractivity contribution in [1.29, 1.82) is 0 Å². The van der Waals surface area contributed by atoms with Crippen LogP contribution in [0.15, 0.2) is 64.3 Å². The Kier molecular flexibility index (Phi) is 7.34. The number of thioether (sulfide) groups is 1. The van der Waals surface area contributed by atoms with Crippen LogP contribution in [0.25, 0.3) is 11.3 Å². The van der Waals surface area contributed by atoms with E-state index in [4.69, 9.17) is 0 Å². The molecule has 31 heavy (non-hydrogen) atoms. The summed E-state index contributed by atoms with van der Waals surface area (Å²) in [4.78, 5) is 30.1. The van der Waals surface area contributed by atoms with Gasteiger partial charge in [-0.15, -0.1) is 11.3 Å².